The van der Waals surface area contributed by atoms with Crippen molar-refractivity contribution in [2.75, 3.05) is 4.31 Å². The van der Waals surface area contributed by atoms with Gasteiger partial charge < -0.3 is 4.42 Å². The second-order valence-electron chi connectivity index (χ2n) is 6.38. The third-order valence-corrected chi connectivity index (χ3v) is 6.12. The normalized spacial score (nSPS) is 11.6. The summed E-state index contributed by atoms with van der Waals surface area (Å²) in [7, 11) is -3.92. The van der Waals surface area contributed by atoms with Gasteiger partial charge in [-0.25, -0.2) is 13.2 Å². The molecule has 0 spiro atoms. The molecule has 8 heteroatoms. The average Bonchev–Trinajstić information content (AvgIpc) is 3.07. The van der Waals surface area contributed by atoms with Crippen LogP contribution in [0.5, 0.6) is 0 Å². The molecule has 0 aliphatic rings. The average molecular weight is 395 g/mol. The van der Waals surface area contributed by atoms with Crippen LogP contribution in [0.15, 0.2) is 81.1 Å². The minimum Gasteiger partial charge on any atom is -0.408 e. The van der Waals surface area contributed by atoms with Crippen LogP contribution in [0.3, 0.4) is 0 Å². The Balaban J connectivity index is 1.82. The Morgan fingerprint density at radius 1 is 1.11 bits per heavy atom. The SMILES string of the molecule is Cc1ccc(N(Cc2cccnc2)S(=O)(=O)c2ccc3[nH]c(=O)oc3c2)cc1. The summed E-state index contributed by atoms with van der Waals surface area (Å²) in [5, 5.41) is 0. The number of hydrogen-bond acceptors (Lipinski definition) is 5. The molecule has 2 aromatic carbocycles. The van der Waals surface area contributed by atoms with Gasteiger partial charge in [0.2, 0.25) is 0 Å². The number of nitrogens with one attached hydrogen (secondary N) is 1. The molecule has 7 nitrogen and oxygen atoms in total. The summed E-state index contributed by atoms with van der Waals surface area (Å²) in [6, 6.07) is 15.1. The van der Waals surface area contributed by atoms with Crippen molar-refractivity contribution in [1.29, 1.82) is 0 Å². The van der Waals surface area contributed by atoms with Gasteiger partial charge in [-0.05, 0) is 42.8 Å². The predicted molar refractivity (Wildman–Crippen MR) is 106 cm³/mol. The molecule has 0 radical (unpaired) electrons. The van der Waals surface area contributed by atoms with Gasteiger partial charge in [-0.2, -0.15) is 0 Å². The molecule has 0 atom stereocenters. The summed E-state index contributed by atoms with van der Waals surface area (Å²) < 4.78 is 33.2. The van der Waals surface area contributed by atoms with Crippen LogP contribution >= 0.6 is 0 Å². The first-order chi connectivity index (χ1) is 13.4. The number of rotatable bonds is 5. The number of sulfonamides is 1. The van der Waals surface area contributed by atoms with Gasteiger partial charge in [0.25, 0.3) is 10.0 Å². The number of nitrogens with zero attached hydrogens (tertiary/aromatic N) is 2. The Hall–Kier alpha value is -3.39. The van der Waals surface area contributed by atoms with Gasteiger partial charge >= 0.3 is 5.76 Å². The number of benzene rings is 2. The van der Waals surface area contributed by atoms with Crippen LogP contribution in [0.4, 0.5) is 5.69 Å². The van der Waals surface area contributed by atoms with Crippen molar-refractivity contribution in [1.82, 2.24) is 9.97 Å². The van der Waals surface area contributed by atoms with Crippen molar-refractivity contribution in [3.05, 3.63) is 88.7 Å². The zero-order valence-electron chi connectivity index (χ0n) is 15.0. The molecule has 28 heavy (non-hydrogen) atoms. The van der Waals surface area contributed by atoms with E-state index in [-0.39, 0.29) is 17.0 Å². The highest BCUT2D eigenvalue weighted by Gasteiger charge is 2.26. The summed E-state index contributed by atoms with van der Waals surface area (Å²) in [6.07, 6.45) is 3.27. The first-order valence-electron chi connectivity index (χ1n) is 8.55. The number of fused-ring (bicyclic) bond motifs is 1. The molecule has 0 saturated heterocycles. The van der Waals surface area contributed by atoms with Gasteiger partial charge in [0, 0.05) is 18.5 Å². The first-order valence-corrected chi connectivity index (χ1v) is 9.99. The maximum absolute atomic E-state index is 13.4. The van der Waals surface area contributed by atoms with Gasteiger partial charge in [-0.3, -0.25) is 14.3 Å². The summed E-state index contributed by atoms with van der Waals surface area (Å²) in [5.74, 6) is -0.629. The summed E-state index contributed by atoms with van der Waals surface area (Å²) in [4.78, 5) is 18.0. The number of H-pyrrole nitrogens is 1. The van der Waals surface area contributed by atoms with E-state index >= 15 is 0 Å². The summed E-state index contributed by atoms with van der Waals surface area (Å²) in [5.41, 5.74) is 2.94. The lowest BCUT2D eigenvalue weighted by Gasteiger charge is -2.24. The molecule has 4 aromatic rings. The Labute approximate surface area is 161 Å². The van der Waals surface area contributed by atoms with Crippen LogP contribution in [0.2, 0.25) is 0 Å². The predicted octanol–water partition coefficient (Wildman–Crippen LogP) is 3.22. The molecule has 4 rings (SSSR count). The van der Waals surface area contributed by atoms with Gasteiger partial charge in [0.1, 0.15) is 0 Å². The molecule has 0 saturated carbocycles. The van der Waals surface area contributed by atoms with E-state index in [1.54, 1.807) is 30.6 Å². The Kier molecular flexibility index (Phi) is 4.48. The van der Waals surface area contributed by atoms with Gasteiger partial charge in [-0.15, -0.1) is 0 Å². The van der Waals surface area contributed by atoms with Crippen LogP contribution in [0, 0.1) is 6.92 Å². The number of aromatic amines is 1. The van der Waals surface area contributed by atoms with Gasteiger partial charge in [0.15, 0.2) is 5.58 Å². The smallest absolute Gasteiger partial charge is 0.408 e. The number of anilines is 1. The van der Waals surface area contributed by atoms with Crippen LogP contribution in [0.25, 0.3) is 11.1 Å². The van der Waals surface area contributed by atoms with Crippen molar-refractivity contribution in [2.45, 2.75) is 18.4 Å². The molecule has 0 bridgehead atoms. The monoisotopic (exact) mass is 395 g/mol. The third-order valence-electron chi connectivity index (χ3n) is 4.35. The number of hydrogen-bond donors (Lipinski definition) is 1. The van der Waals surface area contributed by atoms with E-state index in [4.69, 9.17) is 4.42 Å². The molecule has 0 amide bonds. The quantitative estimate of drug-likeness (QED) is 0.560. The highest BCUT2D eigenvalue weighted by Crippen LogP contribution is 2.27. The molecule has 142 valence electrons. The summed E-state index contributed by atoms with van der Waals surface area (Å²) in [6.45, 7) is 2.06. The minimum absolute atomic E-state index is 0.0345. The number of oxazole rings is 1. The van der Waals surface area contributed by atoms with E-state index in [0.717, 1.165) is 11.1 Å². The Bertz CT molecular complexity index is 1280. The van der Waals surface area contributed by atoms with Crippen LogP contribution in [-0.2, 0) is 16.6 Å². The highest BCUT2D eigenvalue weighted by atomic mass is 32.2. The molecule has 2 aromatic heterocycles. The van der Waals surface area contributed by atoms with Crippen LogP contribution < -0.4 is 10.1 Å². The molecule has 1 N–H and O–H groups in total. The fraction of sp³-hybridized carbons (Fsp3) is 0.100. The van der Waals surface area contributed by atoms with E-state index < -0.39 is 15.8 Å². The van der Waals surface area contributed by atoms with Crippen molar-refractivity contribution in [3.8, 4) is 0 Å². The molecule has 0 unspecified atom stereocenters. The van der Waals surface area contributed by atoms with Crippen molar-refractivity contribution in [2.24, 2.45) is 0 Å². The number of aromatic nitrogens is 2. The highest BCUT2D eigenvalue weighted by molar-refractivity contribution is 7.92. The van der Waals surface area contributed by atoms with Crippen molar-refractivity contribution in [3.63, 3.8) is 0 Å². The van der Waals surface area contributed by atoms with Gasteiger partial charge in [-0.1, -0.05) is 23.8 Å². The molecule has 0 aliphatic heterocycles. The minimum atomic E-state index is -3.92. The Morgan fingerprint density at radius 3 is 2.61 bits per heavy atom. The lowest BCUT2D eigenvalue weighted by Crippen LogP contribution is -2.30. The van der Waals surface area contributed by atoms with E-state index in [2.05, 4.69) is 9.97 Å². The maximum atomic E-state index is 13.4. The second kappa shape index (κ2) is 6.97. The van der Waals surface area contributed by atoms with Gasteiger partial charge in [0.05, 0.1) is 22.6 Å². The molecule has 0 fully saturated rings. The third kappa shape index (κ3) is 3.41. The first kappa shape index (κ1) is 18.0. The zero-order chi connectivity index (χ0) is 19.7. The van der Waals surface area contributed by atoms with E-state index in [0.29, 0.717) is 11.2 Å². The number of pyridine rings is 1. The lowest BCUT2D eigenvalue weighted by molar-refractivity contribution is 0.553. The fourth-order valence-corrected chi connectivity index (χ4v) is 4.37. The van der Waals surface area contributed by atoms with E-state index in [1.165, 1.54) is 22.5 Å². The second-order valence-corrected chi connectivity index (χ2v) is 8.24. The Morgan fingerprint density at radius 2 is 1.89 bits per heavy atom. The number of aryl methyl sites for hydroxylation is 1. The lowest BCUT2D eigenvalue weighted by atomic mass is 10.2. The fourth-order valence-electron chi connectivity index (χ4n) is 2.90. The van der Waals surface area contributed by atoms with Crippen molar-refractivity contribution >= 4 is 26.8 Å². The standard InChI is InChI=1S/C20H17N3O4S/c1-14-4-6-16(7-5-14)23(13-15-3-2-10-21-12-15)28(25,26)17-8-9-18-19(11-17)27-20(24)22-18/h2-12H,13H2,1H3,(H,22,24). The van der Waals surface area contributed by atoms with E-state index in [1.807, 2.05) is 25.1 Å². The molecular formula is C20H17N3O4S. The van der Waals surface area contributed by atoms with Crippen LogP contribution in [0.1, 0.15) is 11.1 Å². The molecule has 0 aliphatic carbocycles. The van der Waals surface area contributed by atoms with Crippen molar-refractivity contribution < 1.29 is 12.8 Å². The molecule has 2 heterocycles. The van der Waals surface area contributed by atoms with E-state index in [9.17, 15) is 13.2 Å². The topological polar surface area (TPSA) is 96.3 Å². The zero-order valence-corrected chi connectivity index (χ0v) is 15.8. The maximum Gasteiger partial charge on any atom is 0.417 e. The summed E-state index contributed by atoms with van der Waals surface area (Å²) >= 11 is 0. The van der Waals surface area contributed by atoms with Crippen LogP contribution in [-0.4, -0.2) is 18.4 Å². The largest absolute Gasteiger partial charge is 0.417 e. The molecular weight excluding hydrogens is 378 g/mol.